The Morgan fingerprint density at radius 3 is 2.57 bits per heavy atom. The van der Waals surface area contributed by atoms with E-state index in [9.17, 15) is 9.59 Å². The molecule has 0 saturated carbocycles. The quantitative estimate of drug-likeness (QED) is 0.643. The van der Waals surface area contributed by atoms with Crippen molar-refractivity contribution in [2.75, 3.05) is 11.9 Å². The van der Waals surface area contributed by atoms with E-state index in [1.807, 2.05) is 0 Å². The highest BCUT2D eigenvalue weighted by molar-refractivity contribution is 5.90. The van der Waals surface area contributed by atoms with Crippen molar-refractivity contribution in [3.05, 3.63) is 29.8 Å². The lowest BCUT2D eigenvalue weighted by atomic mass is 10.1. The minimum absolute atomic E-state index is 0.106. The minimum atomic E-state index is -0.918. The summed E-state index contributed by atoms with van der Waals surface area (Å²) in [4.78, 5) is 22.6. The molecule has 1 rings (SSSR count). The van der Waals surface area contributed by atoms with E-state index in [0.29, 0.717) is 23.7 Å². The predicted molar refractivity (Wildman–Crippen MR) is 83.5 cm³/mol. The van der Waals surface area contributed by atoms with Crippen LogP contribution in [0, 0.1) is 5.92 Å². The second-order valence-electron chi connectivity index (χ2n) is 5.50. The molecule has 0 spiro atoms. The number of benzene rings is 1. The van der Waals surface area contributed by atoms with Gasteiger partial charge in [-0.25, -0.2) is 4.79 Å². The molecule has 1 aromatic rings. The van der Waals surface area contributed by atoms with Crippen LogP contribution in [0.1, 0.15) is 38.7 Å². The summed E-state index contributed by atoms with van der Waals surface area (Å²) in [6.07, 6.45) is 3.09. The molecular weight excluding hydrogens is 268 g/mol. The van der Waals surface area contributed by atoms with E-state index in [0.717, 1.165) is 19.3 Å². The Bertz CT molecular complexity index is 472. The Kier molecular flexibility index (Phi) is 7.29. The number of urea groups is 1. The second-order valence-corrected chi connectivity index (χ2v) is 5.50. The average molecular weight is 292 g/mol. The van der Waals surface area contributed by atoms with E-state index >= 15 is 0 Å². The van der Waals surface area contributed by atoms with Gasteiger partial charge in [-0.1, -0.05) is 44.9 Å². The number of anilines is 1. The van der Waals surface area contributed by atoms with E-state index in [-0.39, 0.29) is 12.5 Å². The fourth-order valence-electron chi connectivity index (χ4n) is 2.01. The summed E-state index contributed by atoms with van der Waals surface area (Å²) < 4.78 is 0. The number of aliphatic carboxylic acids is 1. The number of para-hydroxylation sites is 1. The zero-order valence-electron chi connectivity index (χ0n) is 12.7. The third-order valence-electron chi connectivity index (χ3n) is 3.10. The molecule has 0 saturated heterocycles. The monoisotopic (exact) mass is 292 g/mol. The molecule has 1 aromatic carbocycles. The largest absolute Gasteiger partial charge is 0.481 e. The zero-order chi connectivity index (χ0) is 15.7. The molecule has 0 heterocycles. The topological polar surface area (TPSA) is 78.4 Å². The molecule has 0 aliphatic heterocycles. The van der Waals surface area contributed by atoms with Crippen molar-refractivity contribution in [3.8, 4) is 0 Å². The summed E-state index contributed by atoms with van der Waals surface area (Å²) in [6, 6.07) is 6.64. The van der Waals surface area contributed by atoms with Crippen LogP contribution in [0.3, 0.4) is 0 Å². The lowest BCUT2D eigenvalue weighted by Gasteiger charge is -2.11. The van der Waals surface area contributed by atoms with Crippen molar-refractivity contribution in [2.24, 2.45) is 5.92 Å². The fraction of sp³-hybridized carbons (Fsp3) is 0.500. The van der Waals surface area contributed by atoms with Gasteiger partial charge in [0.2, 0.25) is 0 Å². The SMILES string of the molecule is CC(C)CCCCNC(=O)Nc1ccccc1CC(=O)O. The molecular formula is C16H24N2O3. The van der Waals surface area contributed by atoms with Crippen molar-refractivity contribution in [2.45, 2.75) is 39.5 Å². The van der Waals surface area contributed by atoms with E-state index in [2.05, 4.69) is 24.5 Å². The summed E-state index contributed by atoms with van der Waals surface area (Å²) >= 11 is 0. The smallest absolute Gasteiger partial charge is 0.319 e. The highest BCUT2D eigenvalue weighted by Crippen LogP contribution is 2.15. The molecule has 0 fully saturated rings. The number of hydrogen-bond acceptors (Lipinski definition) is 2. The van der Waals surface area contributed by atoms with E-state index in [4.69, 9.17) is 5.11 Å². The summed E-state index contributed by atoms with van der Waals surface area (Å²) in [5, 5.41) is 14.3. The Balaban J connectivity index is 2.39. The van der Waals surface area contributed by atoms with Gasteiger partial charge in [0.15, 0.2) is 0 Å². The van der Waals surface area contributed by atoms with Crippen LogP contribution >= 0.6 is 0 Å². The van der Waals surface area contributed by atoms with Crippen LogP contribution in [0.4, 0.5) is 10.5 Å². The Morgan fingerprint density at radius 1 is 1.19 bits per heavy atom. The van der Waals surface area contributed by atoms with E-state index in [1.165, 1.54) is 0 Å². The summed E-state index contributed by atoms with van der Waals surface area (Å²) in [5.41, 5.74) is 1.14. The van der Waals surface area contributed by atoms with Crippen LogP contribution in [0.15, 0.2) is 24.3 Å². The Labute approximate surface area is 125 Å². The van der Waals surface area contributed by atoms with Gasteiger partial charge in [0, 0.05) is 12.2 Å². The van der Waals surface area contributed by atoms with Crippen LogP contribution in [-0.4, -0.2) is 23.7 Å². The molecule has 0 aliphatic rings. The van der Waals surface area contributed by atoms with Gasteiger partial charge in [-0.15, -0.1) is 0 Å². The van der Waals surface area contributed by atoms with Crippen LogP contribution < -0.4 is 10.6 Å². The van der Waals surface area contributed by atoms with Crippen molar-refractivity contribution in [3.63, 3.8) is 0 Å². The van der Waals surface area contributed by atoms with Crippen LogP contribution in [0.2, 0.25) is 0 Å². The molecule has 5 heteroatoms. The van der Waals surface area contributed by atoms with Crippen molar-refractivity contribution in [1.29, 1.82) is 0 Å². The Morgan fingerprint density at radius 2 is 1.90 bits per heavy atom. The molecule has 0 bridgehead atoms. The van der Waals surface area contributed by atoms with Crippen LogP contribution in [0.5, 0.6) is 0 Å². The second kappa shape index (κ2) is 9.00. The number of carboxylic acids is 1. The number of carbonyl (C=O) groups excluding carboxylic acids is 1. The number of nitrogens with one attached hydrogen (secondary N) is 2. The number of amides is 2. The third kappa shape index (κ3) is 7.34. The third-order valence-corrected chi connectivity index (χ3v) is 3.10. The highest BCUT2D eigenvalue weighted by atomic mass is 16.4. The first kappa shape index (κ1) is 17.0. The first-order valence-electron chi connectivity index (χ1n) is 7.33. The van der Waals surface area contributed by atoms with Crippen LogP contribution in [0.25, 0.3) is 0 Å². The van der Waals surface area contributed by atoms with Gasteiger partial charge in [0.25, 0.3) is 0 Å². The van der Waals surface area contributed by atoms with Crippen molar-refractivity contribution >= 4 is 17.7 Å². The molecule has 5 nitrogen and oxygen atoms in total. The highest BCUT2D eigenvalue weighted by Gasteiger charge is 2.08. The standard InChI is InChI=1S/C16H24N2O3/c1-12(2)7-5-6-10-17-16(21)18-14-9-4-3-8-13(14)11-15(19)20/h3-4,8-9,12H,5-7,10-11H2,1-2H3,(H,19,20)(H2,17,18,21). The first-order chi connectivity index (χ1) is 9.99. The lowest BCUT2D eigenvalue weighted by molar-refractivity contribution is -0.136. The predicted octanol–water partition coefficient (Wildman–Crippen LogP) is 3.26. The molecule has 21 heavy (non-hydrogen) atoms. The number of rotatable bonds is 8. The molecule has 2 amide bonds. The van der Waals surface area contributed by atoms with Gasteiger partial charge in [0.1, 0.15) is 0 Å². The number of carbonyl (C=O) groups is 2. The number of unbranched alkanes of at least 4 members (excludes halogenated alkanes) is 1. The molecule has 0 aliphatic carbocycles. The fourth-order valence-corrected chi connectivity index (χ4v) is 2.01. The molecule has 3 N–H and O–H groups in total. The van der Waals surface area contributed by atoms with Gasteiger partial charge in [-0.3, -0.25) is 4.79 Å². The van der Waals surface area contributed by atoms with Gasteiger partial charge >= 0.3 is 12.0 Å². The first-order valence-corrected chi connectivity index (χ1v) is 7.33. The normalized spacial score (nSPS) is 10.4. The van der Waals surface area contributed by atoms with Gasteiger partial charge in [-0.2, -0.15) is 0 Å². The van der Waals surface area contributed by atoms with E-state index < -0.39 is 5.97 Å². The number of carboxylic acid groups (broad SMARTS) is 1. The van der Waals surface area contributed by atoms with E-state index in [1.54, 1.807) is 24.3 Å². The zero-order valence-corrected chi connectivity index (χ0v) is 12.7. The van der Waals surface area contributed by atoms with Crippen molar-refractivity contribution in [1.82, 2.24) is 5.32 Å². The summed E-state index contributed by atoms with van der Waals surface area (Å²) in [6.45, 7) is 4.98. The van der Waals surface area contributed by atoms with Crippen molar-refractivity contribution < 1.29 is 14.7 Å². The molecule has 0 aromatic heterocycles. The molecule has 0 atom stereocenters. The lowest BCUT2D eigenvalue weighted by Crippen LogP contribution is -2.30. The maximum Gasteiger partial charge on any atom is 0.319 e. The minimum Gasteiger partial charge on any atom is -0.481 e. The molecule has 116 valence electrons. The van der Waals surface area contributed by atoms with Gasteiger partial charge in [0.05, 0.1) is 6.42 Å². The molecule has 0 radical (unpaired) electrons. The van der Waals surface area contributed by atoms with Crippen LogP contribution in [-0.2, 0) is 11.2 Å². The van der Waals surface area contributed by atoms with Gasteiger partial charge in [-0.05, 0) is 24.0 Å². The summed E-state index contributed by atoms with van der Waals surface area (Å²) in [7, 11) is 0. The Hall–Kier alpha value is -2.04. The maximum absolute atomic E-state index is 11.8. The maximum atomic E-state index is 11.8. The molecule has 0 unspecified atom stereocenters. The average Bonchev–Trinajstić information content (AvgIpc) is 2.39. The summed E-state index contributed by atoms with van der Waals surface area (Å²) in [5.74, 6) is -0.236. The number of hydrogen-bond donors (Lipinski definition) is 3. The van der Waals surface area contributed by atoms with Gasteiger partial charge < -0.3 is 15.7 Å².